The van der Waals surface area contributed by atoms with Crippen molar-refractivity contribution in [1.29, 1.82) is 0 Å². The standard InChI is InChI=1S/C24H24N2O3/c1-2-3-12-24(27)25(22-9-5-4-6-10-22)18-19-13-15-20(16-14-19)21-8-7-11-23(17-21)26(28)29/h4-11,13-17H,2-3,12,18H2,1H3. The summed E-state index contributed by atoms with van der Waals surface area (Å²) in [4.78, 5) is 25.2. The van der Waals surface area contributed by atoms with E-state index in [0.717, 1.165) is 35.2 Å². The van der Waals surface area contributed by atoms with Gasteiger partial charge in [-0.3, -0.25) is 14.9 Å². The topological polar surface area (TPSA) is 63.5 Å². The average molecular weight is 388 g/mol. The first-order valence-corrected chi connectivity index (χ1v) is 9.77. The highest BCUT2D eigenvalue weighted by molar-refractivity contribution is 5.93. The van der Waals surface area contributed by atoms with E-state index in [9.17, 15) is 14.9 Å². The molecule has 0 fully saturated rings. The van der Waals surface area contributed by atoms with Crippen molar-refractivity contribution >= 4 is 17.3 Å². The van der Waals surface area contributed by atoms with Crippen molar-refractivity contribution in [2.75, 3.05) is 4.90 Å². The Balaban J connectivity index is 1.81. The van der Waals surface area contributed by atoms with Gasteiger partial charge in [0.25, 0.3) is 5.69 Å². The maximum atomic E-state index is 12.8. The number of hydrogen-bond acceptors (Lipinski definition) is 3. The van der Waals surface area contributed by atoms with Crippen molar-refractivity contribution in [3.63, 3.8) is 0 Å². The summed E-state index contributed by atoms with van der Waals surface area (Å²) in [6.45, 7) is 2.56. The molecular weight excluding hydrogens is 364 g/mol. The normalized spacial score (nSPS) is 10.5. The molecule has 0 aliphatic heterocycles. The minimum absolute atomic E-state index is 0.0725. The van der Waals surface area contributed by atoms with Crippen LogP contribution in [0.2, 0.25) is 0 Å². The number of unbranched alkanes of at least 4 members (excludes halogenated alkanes) is 1. The molecule has 0 spiro atoms. The van der Waals surface area contributed by atoms with E-state index >= 15 is 0 Å². The van der Waals surface area contributed by atoms with Crippen molar-refractivity contribution < 1.29 is 9.72 Å². The lowest BCUT2D eigenvalue weighted by Crippen LogP contribution is -2.30. The van der Waals surface area contributed by atoms with Gasteiger partial charge in [0.05, 0.1) is 11.5 Å². The fourth-order valence-electron chi connectivity index (χ4n) is 3.18. The minimum atomic E-state index is -0.391. The van der Waals surface area contributed by atoms with E-state index in [1.54, 1.807) is 12.1 Å². The Bertz CT molecular complexity index is 969. The number of rotatable bonds is 8. The van der Waals surface area contributed by atoms with E-state index in [0.29, 0.717) is 13.0 Å². The van der Waals surface area contributed by atoms with Crippen molar-refractivity contribution in [3.8, 4) is 11.1 Å². The van der Waals surface area contributed by atoms with Gasteiger partial charge in [-0.05, 0) is 35.2 Å². The van der Waals surface area contributed by atoms with Gasteiger partial charge >= 0.3 is 0 Å². The molecule has 0 heterocycles. The fraction of sp³-hybridized carbons (Fsp3) is 0.208. The van der Waals surface area contributed by atoms with Gasteiger partial charge in [0.15, 0.2) is 0 Å². The maximum Gasteiger partial charge on any atom is 0.270 e. The first-order chi connectivity index (χ1) is 14.1. The summed E-state index contributed by atoms with van der Waals surface area (Å²) < 4.78 is 0. The van der Waals surface area contributed by atoms with Gasteiger partial charge in [0.1, 0.15) is 0 Å². The molecule has 29 heavy (non-hydrogen) atoms. The zero-order chi connectivity index (χ0) is 20.6. The lowest BCUT2D eigenvalue weighted by Gasteiger charge is -2.23. The predicted molar refractivity (Wildman–Crippen MR) is 116 cm³/mol. The summed E-state index contributed by atoms with van der Waals surface area (Å²) in [5, 5.41) is 11.0. The molecule has 3 aromatic rings. The summed E-state index contributed by atoms with van der Waals surface area (Å²) in [6.07, 6.45) is 2.37. The molecule has 0 radical (unpaired) electrons. The molecule has 0 saturated heterocycles. The molecule has 0 unspecified atom stereocenters. The first-order valence-electron chi connectivity index (χ1n) is 9.77. The van der Waals surface area contributed by atoms with Crippen LogP contribution in [-0.2, 0) is 11.3 Å². The van der Waals surface area contributed by atoms with Crippen LogP contribution in [0.25, 0.3) is 11.1 Å². The molecule has 0 aromatic heterocycles. The van der Waals surface area contributed by atoms with Crippen LogP contribution in [0.15, 0.2) is 78.9 Å². The van der Waals surface area contributed by atoms with Crippen LogP contribution in [0.1, 0.15) is 31.7 Å². The Morgan fingerprint density at radius 2 is 1.66 bits per heavy atom. The van der Waals surface area contributed by atoms with Gasteiger partial charge in [-0.2, -0.15) is 0 Å². The number of carbonyl (C=O) groups is 1. The Hall–Kier alpha value is -3.47. The first kappa shape index (κ1) is 20.3. The van der Waals surface area contributed by atoms with Gasteiger partial charge in [-0.25, -0.2) is 0 Å². The molecule has 5 nitrogen and oxygen atoms in total. The van der Waals surface area contributed by atoms with E-state index in [1.165, 1.54) is 6.07 Å². The second-order valence-electron chi connectivity index (χ2n) is 6.92. The van der Waals surface area contributed by atoms with Crippen LogP contribution >= 0.6 is 0 Å². The van der Waals surface area contributed by atoms with Crippen LogP contribution in [0.3, 0.4) is 0 Å². The van der Waals surface area contributed by atoms with Gasteiger partial charge in [0, 0.05) is 24.2 Å². The zero-order valence-corrected chi connectivity index (χ0v) is 16.5. The number of carbonyl (C=O) groups excluding carboxylic acids is 1. The van der Waals surface area contributed by atoms with Crippen molar-refractivity contribution in [2.24, 2.45) is 0 Å². The monoisotopic (exact) mass is 388 g/mol. The van der Waals surface area contributed by atoms with Gasteiger partial charge in [-0.1, -0.05) is 67.9 Å². The Labute approximate surface area is 170 Å². The van der Waals surface area contributed by atoms with E-state index < -0.39 is 4.92 Å². The van der Waals surface area contributed by atoms with Crippen molar-refractivity contribution in [3.05, 3.63) is 94.5 Å². The van der Waals surface area contributed by atoms with Gasteiger partial charge in [0.2, 0.25) is 5.91 Å². The molecule has 0 saturated carbocycles. The molecular formula is C24H24N2O3. The second-order valence-corrected chi connectivity index (χ2v) is 6.92. The molecule has 3 aromatic carbocycles. The number of nitrogens with zero attached hydrogens (tertiary/aromatic N) is 2. The third kappa shape index (κ3) is 5.29. The highest BCUT2D eigenvalue weighted by atomic mass is 16.6. The van der Waals surface area contributed by atoms with E-state index in [-0.39, 0.29) is 11.6 Å². The Kier molecular flexibility index (Phi) is 6.74. The highest BCUT2D eigenvalue weighted by Crippen LogP contribution is 2.25. The van der Waals surface area contributed by atoms with Crippen LogP contribution in [0.4, 0.5) is 11.4 Å². The largest absolute Gasteiger partial charge is 0.308 e. The molecule has 0 aliphatic rings. The molecule has 0 bridgehead atoms. The fourth-order valence-corrected chi connectivity index (χ4v) is 3.18. The third-order valence-corrected chi connectivity index (χ3v) is 4.80. The summed E-state index contributed by atoms with van der Waals surface area (Å²) in [5.41, 5.74) is 3.67. The number of para-hydroxylation sites is 1. The lowest BCUT2D eigenvalue weighted by atomic mass is 10.0. The number of amides is 1. The molecule has 3 rings (SSSR count). The Morgan fingerprint density at radius 1 is 0.931 bits per heavy atom. The van der Waals surface area contributed by atoms with Gasteiger partial charge < -0.3 is 4.90 Å². The summed E-state index contributed by atoms with van der Waals surface area (Å²) in [6, 6.07) is 24.1. The van der Waals surface area contributed by atoms with E-state index in [4.69, 9.17) is 0 Å². The molecule has 0 atom stereocenters. The quantitative estimate of drug-likeness (QED) is 0.352. The zero-order valence-electron chi connectivity index (χ0n) is 16.5. The maximum absolute atomic E-state index is 12.8. The number of non-ortho nitro benzene ring substituents is 1. The Morgan fingerprint density at radius 3 is 2.31 bits per heavy atom. The van der Waals surface area contributed by atoms with Crippen LogP contribution in [-0.4, -0.2) is 10.8 Å². The number of nitro benzene ring substituents is 1. The lowest BCUT2D eigenvalue weighted by molar-refractivity contribution is -0.384. The van der Waals surface area contributed by atoms with E-state index in [2.05, 4.69) is 6.92 Å². The summed E-state index contributed by atoms with van der Waals surface area (Å²) in [7, 11) is 0. The van der Waals surface area contributed by atoms with Crippen molar-refractivity contribution in [2.45, 2.75) is 32.7 Å². The third-order valence-electron chi connectivity index (χ3n) is 4.80. The molecule has 1 amide bonds. The highest BCUT2D eigenvalue weighted by Gasteiger charge is 2.16. The van der Waals surface area contributed by atoms with Crippen LogP contribution in [0.5, 0.6) is 0 Å². The molecule has 0 N–H and O–H groups in total. The van der Waals surface area contributed by atoms with Crippen molar-refractivity contribution in [1.82, 2.24) is 0 Å². The number of benzene rings is 3. The number of nitro groups is 1. The number of anilines is 1. The SMILES string of the molecule is CCCCC(=O)N(Cc1ccc(-c2cccc([N+](=O)[O-])c2)cc1)c1ccccc1. The molecule has 5 heteroatoms. The minimum Gasteiger partial charge on any atom is -0.308 e. The molecule has 0 aliphatic carbocycles. The average Bonchev–Trinajstić information content (AvgIpc) is 2.77. The summed E-state index contributed by atoms with van der Waals surface area (Å²) in [5.74, 6) is 0.112. The van der Waals surface area contributed by atoms with E-state index in [1.807, 2.05) is 65.6 Å². The second kappa shape index (κ2) is 9.64. The summed E-state index contributed by atoms with van der Waals surface area (Å²) >= 11 is 0. The van der Waals surface area contributed by atoms with Crippen LogP contribution < -0.4 is 4.90 Å². The predicted octanol–water partition coefficient (Wildman–Crippen LogP) is 5.99. The molecule has 148 valence electrons. The van der Waals surface area contributed by atoms with Crippen LogP contribution in [0, 0.1) is 10.1 Å². The van der Waals surface area contributed by atoms with Gasteiger partial charge in [-0.15, -0.1) is 0 Å². The smallest absolute Gasteiger partial charge is 0.270 e. The number of hydrogen-bond donors (Lipinski definition) is 0.